The molecule has 3 N–H and O–H groups in total. The molecule has 24 heavy (non-hydrogen) atoms. The van der Waals surface area contributed by atoms with Gasteiger partial charge in [0.25, 0.3) is 0 Å². The van der Waals surface area contributed by atoms with E-state index >= 15 is 0 Å². The summed E-state index contributed by atoms with van der Waals surface area (Å²) in [6.45, 7) is 0. The molecule has 0 unspecified atom stereocenters. The fourth-order valence-corrected chi connectivity index (χ4v) is 2.23. The van der Waals surface area contributed by atoms with Crippen LogP contribution in [-0.4, -0.2) is 72.2 Å². The van der Waals surface area contributed by atoms with Crippen LogP contribution in [0.5, 0.6) is 5.75 Å². The minimum absolute atomic E-state index is 0.0144. The first-order valence-corrected chi connectivity index (χ1v) is 7.02. The molecular formula is C15H18O9. The molecule has 1 aliphatic heterocycles. The van der Waals surface area contributed by atoms with Crippen LogP contribution in [0.4, 0.5) is 0 Å². The van der Waals surface area contributed by atoms with Crippen molar-refractivity contribution in [2.24, 2.45) is 0 Å². The molecule has 1 aromatic rings. The number of methoxy groups -OCH3 is 2. The number of esters is 2. The van der Waals surface area contributed by atoms with Gasteiger partial charge >= 0.3 is 11.9 Å². The number of hydrogen-bond donors (Lipinski definition) is 3. The van der Waals surface area contributed by atoms with Gasteiger partial charge in [-0.25, -0.2) is 9.59 Å². The van der Waals surface area contributed by atoms with Crippen LogP contribution in [0.1, 0.15) is 10.4 Å². The topological polar surface area (TPSA) is 132 Å². The van der Waals surface area contributed by atoms with Crippen LogP contribution in [-0.2, 0) is 19.0 Å². The van der Waals surface area contributed by atoms with Crippen molar-refractivity contribution in [3.63, 3.8) is 0 Å². The normalized spacial score (nSPS) is 29.6. The average molecular weight is 342 g/mol. The number of ether oxygens (including phenoxy) is 4. The third-order valence-electron chi connectivity index (χ3n) is 3.54. The number of hydrogen-bond acceptors (Lipinski definition) is 9. The second-order valence-electron chi connectivity index (χ2n) is 5.03. The highest BCUT2D eigenvalue weighted by Gasteiger charge is 2.48. The Morgan fingerprint density at radius 2 is 1.67 bits per heavy atom. The molecule has 5 atom stereocenters. The van der Waals surface area contributed by atoms with Crippen LogP contribution >= 0.6 is 0 Å². The average Bonchev–Trinajstić information content (AvgIpc) is 2.61. The fraction of sp³-hybridized carbons (Fsp3) is 0.467. The summed E-state index contributed by atoms with van der Waals surface area (Å²) in [6, 6.07) is 6.00. The molecule has 0 bridgehead atoms. The molecule has 1 fully saturated rings. The zero-order valence-corrected chi connectivity index (χ0v) is 13.0. The van der Waals surface area contributed by atoms with Crippen LogP contribution in [0.2, 0.25) is 0 Å². The minimum atomic E-state index is -1.71. The summed E-state index contributed by atoms with van der Waals surface area (Å²) in [6.07, 6.45) is -8.13. The van der Waals surface area contributed by atoms with Gasteiger partial charge in [-0.2, -0.15) is 0 Å². The van der Waals surface area contributed by atoms with Gasteiger partial charge in [-0.3, -0.25) is 0 Å². The van der Waals surface area contributed by atoms with Crippen molar-refractivity contribution in [3.05, 3.63) is 29.8 Å². The molecular weight excluding hydrogens is 324 g/mol. The third-order valence-corrected chi connectivity index (χ3v) is 3.54. The van der Waals surface area contributed by atoms with Gasteiger partial charge in [0.15, 0.2) is 6.10 Å². The highest BCUT2D eigenvalue weighted by molar-refractivity contribution is 5.92. The molecule has 0 saturated carbocycles. The van der Waals surface area contributed by atoms with Gasteiger partial charge in [0.1, 0.15) is 29.6 Å². The van der Waals surface area contributed by atoms with E-state index in [1.165, 1.54) is 19.2 Å². The summed E-state index contributed by atoms with van der Waals surface area (Å²) in [5.74, 6) is -1.61. The van der Waals surface area contributed by atoms with Crippen LogP contribution in [0.15, 0.2) is 24.3 Å². The largest absolute Gasteiger partial charge is 0.467 e. The van der Waals surface area contributed by atoms with E-state index in [0.29, 0.717) is 0 Å². The fourth-order valence-electron chi connectivity index (χ4n) is 2.23. The Morgan fingerprint density at radius 3 is 2.29 bits per heavy atom. The van der Waals surface area contributed by atoms with Gasteiger partial charge in [-0.15, -0.1) is 0 Å². The van der Waals surface area contributed by atoms with Gasteiger partial charge in [0, 0.05) is 0 Å². The van der Waals surface area contributed by atoms with Gasteiger partial charge in [-0.05, 0) is 12.1 Å². The van der Waals surface area contributed by atoms with Gasteiger partial charge in [-0.1, -0.05) is 12.1 Å². The lowest BCUT2D eigenvalue weighted by molar-refractivity contribution is -0.271. The molecule has 9 nitrogen and oxygen atoms in total. The van der Waals surface area contributed by atoms with Crippen LogP contribution in [0, 0.1) is 0 Å². The van der Waals surface area contributed by atoms with E-state index in [2.05, 4.69) is 9.47 Å². The Labute approximate surface area is 137 Å². The second-order valence-corrected chi connectivity index (χ2v) is 5.03. The molecule has 1 heterocycles. The second kappa shape index (κ2) is 7.58. The number of rotatable bonds is 4. The molecule has 1 aromatic carbocycles. The van der Waals surface area contributed by atoms with E-state index in [1.54, 1.807) is 12.1 Å². The molecule has 132 valence electrons. The Kier molecular flexibility index (Phi) is 5.73. The van der Waals surface area contributed by atoms with Gasteiger partial charge in [0.2, 0.25) is 6.29 Å². The number of para-hydroxylation sites is 1. The van der Waals surface area contributed by atoms with Crippen LogP contribution in [0.3, 0.4) is 0 Å². The Hall–Kier alpha value is -2.20. The van der Waals surface area contributed by atoms with E-state index < -0.39 is 42.6 Å². The van der Waals surface area contributed by atoms with Gasteiger partial charge in [0.05, 0.1) is 14.2 Å². The monoisotopic (exact) mass is 342 g/mol. The maximum absolute atomic E-state index is 11.7. The van der Waals surface area contributed by atoms with E-state index in [0.717, 1.165) is 7.11 Å². The number of benzene rings is 1. The summed E-state index contributed by atoms with van der Waals surface area (Å²) in [5, 5.41) is 29.7. The molecule has 0 spiro atoms. The van der Waals surface area contributed by atoms with Crippen LogP contribution in [0.25, 0.3) is 0 Å². The highest BCUT2D eigenvalue weighted by Crippen LogP contribution is 2.27. The SMILES string of the molecule is COC(=O)c1ccccc1O[C@@H]1O[C@H](C(=O)OC)[C@@H](O)[C@H](O)[C@H]1O. The predicted molar refractivity (Wildman–Crippen MR) is 77.1 cm³/mol. The highest BCUT2D eigenvalue weighted by atomic mass is 16.7. The lowest BCUT2D eigenvalue weighted by atomic mass is 9.99. The number of aliphatic hydroxyl groups excluding tert-OH is 3. The third kappa shape index (κ3) is 3.49. The summed E-state index contributed by atoms with van der Waals surface area (Å²) in [7, 11) is 2.27. The number of carbonyl (C=O) groups is 2. The van der Waals surface area contributed by atoms with Gasteiger partial charge < -0.3 is 34.3 Å². The molecule has 0 amide bonds. The van der Waals surface area contributed by atoms with E-state index in [-0.39, 0.29) is 11.3 Å². The van der Waals surface area contributed by atoms with E-state index in [1.807, 2.05) is 0 Å². The summed E-state index contributed by atoms with van der Waals surface area (Å²) in [4.78, 5) is 23.3. The van der Waals surface area contributed by atoms with Crippen LogP contribution < -0.4 is 4.74 Å². The number of aliphatic hydroxyl groups is 3. The van der Waals surface area contributed by atoms with E-state index in [4.69, 9.17) is 9.47 Å². The van der Waals surface area contributed by atoms with Crippen molar-refractivity contribution in [2.75, 3.05) is 14.2 Å². The first-order chi connectivity index (χ1) is 11.4. The first-order valence-electron chi connectivity index (χ1n) is 7.02. The lowest BCUT2D eigenvalue weighted by Gasteiger charge is -2.38. The Bertz CT molecular complexity index is 602. The maximum atomic E-state index is 11.7. The quantitative estimate of drug-likeness (QED) is 0.579. The van der Waals surface area contributed by atoms with Crippen molar-refractivity contribution in [3.8, 4) is 5.75 Å². The molecule has 2 rings (SSSR count). The lowest BCUT2D eigenvalue weighted by Crippen LogP contribution is -2.61. The standard InChI is InChI=1S/C15H18O9/c1-21-13(19)7-5-3-4-6-8(7)23-15-11(18)9(16)10(17)12(24-15)14(20)22-2/h3-6,9-12,15-18H,1-2H3/t9-,10-,11+,12-,15+/m0/s1. The summed E-state index contributed by atoms with van der Waals surface area (Å²) >= 11 is 0. The molecule has 1 saturated heterocycles. The minimum Gasteiger partial charge on any atom is -0.467 e. The first kappa shape index (κ1) is 18.1. The zero-order chi connectivity index (χ0) is 17.9. The Balaban J connectivity index is 2.25. The van der Waals surface area contributed by atoms with Crippen molar-refractivity contribution in [2.45, 2.75) is 30.7 Å². The maximum Gasteiger partial charge on any atom is 0.341 e. The zero-order valence-electron chi connectivity index (χ0n) is 13.0. The molecule has 1 aliphatic rings. The smallest absolute Gasteiger partial charge is 0.341 e. The molecule has 0 aromatic heterocycles. The number of carbonyl (C=O) groups excluding carboxylic acids is 2. The van der Waals surface area contributed by atoms with Crippen molar-refractivity contribution < 1.29 is 43.9 Å². The van der Waals surface area contributed by atoms with Crippen molar-refractivity contribution in [1.29, 1.82) is 0 Å². The summed E-state index contributed by atoms with van der Waals surface area (Å²) < 4.78 is 19.7. The van der Waals surface area contributed by atoms with E-state index in [9.17, 15) is 24.9 Å². The van der Waals surface area contributed by atoms with Crippen molar-refractivity contribution in [1.82, 2.24) is 0 Å². The molecule has 0 radical (unpaired) electrons. The molecule has 0 aliphatic carbocycles. The predicted octanol–water partition coefficient (Wildman–Crippen LogP) is -1.17. The van der Waals surface area contributed by atoms with Crippen molar-refractivity contribution >= 4 is 11.9 Å². The Morgan fingerprint density at radius 1 is 1.00 bits per heavy atom. The summed E-state index contributed by atoms with van der Waals surface area (Å²) in [5.41, 5.74) is 0.0611. The molecule has 9 heteroatoms.